The molecule has 1 aromatic carbocycles. The van der Waals surface area contributed by atoms with Gasteiger partial charge in [0, 0.05) is 31.2 Å². The van der Waals surface area contributed by atoms with E-state index in [2.05, 4.69) is 20.6 Å². The highest BCUT2D eigenvalue weighted by atomic mass is 16.5. The first-order valence-electron chi connectivity index (χ1n) is 9.57. The minimum atomic E-state index is -0.265. The number of aromatic nitrogens is 1. The summed E-state index contributed by atoms with van der Waals surface area (Å²) in [5.74, 6) is 1.34. The van der Waals surface area contributed by atoms with Crippen LogP contribution in [0.5, 0.6) is 0 Å². The van der Waals surface area contributed by atoms with Gasteiger partial charge in [-0.05, 0) is 31.9 Å². The molecule has 2 N–H and O–H groups in total. The van der Waals surface area contributed by atoms with Gasteiger partial charge in [-0.15, -0.1) is 0 Å². The number of benzene rings is 1. The van der Waals surface area contributed by atoms with Crippen LogP contribution in [0, 0.1) is 0 Å². The number of oxazole rings is 1. The molecule has 150 valence electrons. The van der Waals surface area contributed by atoms with Gasteiger partial charge in [0.05, 0.1) is 13.7 Å². The Bertz CT molecular complexity index is 782. The second-order valence-corrected chi connectivity index (χ2v) is 6.58. The number of amides is 1. The minimum Gasteiger partial charge on any atom is -0.453 e. The molecule has 2 aromatic rings. The lowest BCUT2D eigenvalue weighted by Gasteiger charge is -2.32. The molecule has 1 aliphatic heterocycles. The van der Waals surface area contributed by atoms with Crippen molar-refractivity contribution < 1.29 is 13.9 Å². The molecule has 0 saturated carbocycles. The smallest absolute Gasteiger partial charge is 0.409 e. The summed E-state index contributed by atoms with van der Waals surface area (Å²) in [6.45, 7) is 4.56. The average Bonchev–Trinajstić information content (AvgIpc) is 3.22. The van der Waals surface area contributed by atoms with Gasteiger partial charge in [-0.2, -0.15) is 0 Å². The molecule has 0 atom stereocenters. The fourth-order valence-electron chi connectivity index (χ4n) is 3.10. The summed E-state index contributed by atoms with van der Waals surface area (Å²) in [6, 6.07) is 10.1. The third-order valence-electron chi connectivity index (χ3n) is 4.58. The Balaban J connectivity index is 1.56. The quantitative estimate of drug-likeness (QED) is 0.607. The largest absolute Gasteiger partial charge is 0.453 e. The van der Waals surface area contributed by atoms with E-state index in [1.807, 2.05) is 37.3 Å². The average molecular weight is 385 g/mol. The third kappa shape index (κ3) is 5.25. The normalized spacial score (nSPS) is 15.4. The number of hydrogen-bond acceptors (Lipinski definition) is 5. The molecule has 1 fully saturated rings. The van der Waals surface area contributed by atoms with Crippen molar-refractivity contribution >= 4 is 12.1 Å². The van der Waals surface area contributed by atoms with Crippen molar-refractivity contribution in [1.29, 1.82) is 0 Å². The molecule has 1 aromatic heterocycles. The van der Waals surface area contributed by atoms with Gasteiger partial charge < -0.3 is 24.7 Å². The Hall–Kier alpha value is -3.03. The zero-order valence-electron chi connectivity index (χ0n) is 16.4. The van der Waals surface area contributed by atoms with Gasteiger partial charge in [-0.1, -0.05) is 18.2 Å². The number of likely N-dealkylation sites (tertiary alicyclic amines) is 1. The van der Waals surface area contributed by atoms with Crippen LogP contribution in [0.15, 0.2) is 46.0 Å². The zero-order chi connectivity index (χ0) is 19.8. The molecular formula is C20H27N5O3. The predicted octanol–water partition coefficient (Wildman–Crippen LogP) is 2.63. The third-order valence-corrected chi connectivity index (χ3v) is 4.58. The number of nitrogens with zero attached hydrogens (tertiary/aromatic N) is 3. The number of carbonyl (C=O) groups excluding carboxylic acids is 1. The second kappa shape index (κ2) is 9.77. The Morgan fingerprint density at radius 3 is 2.75 bits per heavy atom. The molecule has 0 spiro atoms. The summed E-state index contributed by atoms with van der Waals surface area (Å²) in [6.07, 6.45) is 3.08. The zero-order valence-corrected chi connectivity index (χ0v) is 16.4. The maximum absolute atomic E-state index is 11.6. The van der Waals surface area contributed by atoms with Crippen LogP contribution in [0.3, 0.4) is 0 Å². The van der Waals surface area contributed by atoms with E-state index in [1.165, 1.54) is 7.11 Å². The molecule has 2 heterocycles. The topological polar surface area (TPSA) is 92.0 Å². The predicted molar refractivity (Wildman–Crippen MR) is 107 cm³/mol. The van der Waals surface area contributed by atoms with E-state index in [9.17, 15) is 4.79 Å². The lowest BCUT2D eigenvalue weighted by Crippen LogP contribution is -2.49. The molecule has 28 heavy (non-hydrogen) atoms. The van der Waals surface area contributed by atoms with E-state index in [0.29, 0.717) is 25.5 Å². The highest BCUT2D eigenvalue weighted by Crippen LogP contribution is 2.18. The van der Waals surface area contributed by atoms with Gasteiger partial charge in [0.2, 0.25) is 5.89 Å². The SMILES string of the molecule is CCNC(=NCc1coc(-c2ccccc2)n1)NC1CCN(C(=O)OC)CC1. The standard InChI is InChI=1S/C20H27N5O3/c1-3-21-19(24-16-9-11-25(12-10-16)20(26)27-2)22-13-17-14-28-18(23-17)15-7-5-4-6-8-15/h4-8,14,16H,3,9-13H2,1-2H3,(H2,21,22,24). The van der Waals surface area contributed by atoms with Crippen molar-refractivity contribution in [3.8, 4) is 11.5 Å². The van der Waals surface area contributed by atoms with Crippen molar-refractivity contribution in [3.63, 3.8) is 0 Å². The summed E-state index contributed by atoms with van der Waals surface area (Å²) >= 11 is 0. The Morgan fingerprint density at radius 2 is 2.07 bits per heavy atom. The van der Waals surface area contributed by atoms with Crippen molar-refractivity contribution in [1.82, 2.24) is 20.5 Å². The fourth-order valence-corrected chi connectivity index (χ4v) is 3.10. The van der Waals surface area contributed by atoms with E-state index in [0.717, 1.165) is 36.6 Å². The summed E-state index contributed by atoms with van der Waals surface area (Å²) < 4.78 is 10.3. The first kappa shape index (κ1) is 19.7. The Labute approximate surface area is 165 Å². The number of carbonyl (C=O) groups is 1. The summed E-state index contributed by atoms with van der Waals surface area (Å²) in [5, 5.41) is 6.70. The molecule has 0 unspecified atom stereocenters. The van der Waals surface area contributed by atoms with Gasteiger partial charge in [0.15, 0.2) is 5.96 Å². The molecule has 1 aliphatic rings. The maximum atomic E-state index is 11.6. The van der Waals surface area contributed by atoms with Crippen LogP contribution in [-0.4, -0.2) is 54.7 Å². The van der Waals surface area contributed by atoms with Crippen molar-refractivity contribution in [2.45, 2.75) is 32.4 Å². The van der Waals surface area contributed by atoms with Crippen LogP contribution in [0.2, 0.25) is 0 Å². The molecule has 1 saturated heterocycles. The number of aliphatic imine (C=N–C) groups is 1. The molecule has 0 bridgehead atoms. The number of piperidine rings is 1. The first-order valence-corrected chi connectivity index (χ1v) is 9.57. The molecule has 8 heteroatoms. The van der Waals surface area contributed by atoms with Gasteiger partial charge >= 0.3 is 6.09 Å². The first-order chi connectivity index (χ1) is 13.7. The number of rotatable bonds is 5. The summed E-state index contributed by atoms with van der Waals surface area (Å²) in [7, 11) is 1.41. The van der Waals surface area contributed by atoms with Crippen LogP contribution >= 0.6 is 0 Å². The van der Waals surface area contributed by atoms with Gasteiger partial charge in [0.1, 0.15) is 12.0 Å². The molecule has 0 radical (unpaired) electrons. The summed E-state index contributed by atoms with van der Waals surface area (Å²) in [4.78, 5) is 22.5. The number of hydrogen-bond donors (Lipinski definition) is 2. The van der Waals surface area contributed by atoms with Crippen LogP contribution in [0.25, 0.3) is 11.5 Å². The number of guanidine groups is 1. The van der Waals surface area contributed by atoms with Crippen molar-refractivity contribution in [2.24, 2.45) is 4.99 Å². The Morgan fingerprint density at radius 1 is 1.32 bits per heavy atom. The lowest BCUT2D eigenvalue weighted by molar-refractivity contribution is 0.111. The molecule has 1 amide bonds. The number of methoxy groups -OCH3 is 1. The number of nitrogens with one attached hydrogen (secondary N) is 2. The molecule has 0 aliphatic carbocycles. The van der Waals surface area contributed by atoms with Gasteiger partial charge in [-0.25, -0.2) is 14.8 Å². The maximum Gasteiger partial charge on any atom is 0.409 e. The molecule has 8 nitrogen and oxygen atoms in total. The van der Waals surface area contributed by atoms with Gasteiger partial charge in [-0.3, -0.25) is 0 Å². The van der Waals surface area contributed by atoms with Crippen molar-refractivity contribution in [2.75, 3.05) is 26.7 Å². The van der Waals surface area contributed by atoms with Crippen molar-refractivity contribution in [3.05, 3.63) is 42.3 Å². The van der Waals surface area contributed by atoms with Crippen LogP contribution in [-0.2, 0) is 11.3 Å². The van der Waals surface area contributed by atoms with E-state index in [-0.39, 0.29) is 12.1 Å². The molecular weight excluding hydrogens is 358 g/mol. The molecule has 3 rings (SSSR count). The van der Waals surface area contributed by atoms with E-state index in [4.69, 9.17) is 9.15 Å². The number of ether oxygens (including phenoxy) is 1. The highest BCUT2D eigenvalue weighted by molar-refractivity contribution is 5.80. The highest BCUT2D eigenvalue weighted by Gasteiger charge is 2.23. The second-order valence-electron chi connectivity index (χ2n) is 6.58. The van der Waals surface area contributed by atoms with Crippen LogP contribution < -0.4 is 10.6 Å². The fraction of sp³-hybridized carbons (Fsp3) is 0.450. The Kier molecular flexibility index (Phi) is 6.89. The van der Waals surface area contributed by atoms with Crippen LogP contribution in [0.1, 0.15) is 25.5 Å². The lowest BCUT2D eigenvalue weighted by atomic mass is 10.1. The van der Waals surface area contributed by atoms with Gasteiger partial charge in [0.25, 0.3) is 0 Å². The van der Waals surface area contributed by atoms with E-state index >= 15 is 0 Å². The van der Waals surface area contributed by atoms with Crippen LogP contribution in [0.4, 0.5) is 4.79 Å². The van der Waals surface area contributed by atoms with E-state index < -0.39 is 0 Å². The van der Waals surface area contributed by atoms with E-state index in [1.54, 1.807) is 11.2 Å². The monoisotopic (exact) mass is 385 g/mol. The summed E-state index contributed by atoms with van der Waals surface area (Å²) in [5.41, 5.74) is 1.72. The minimum absolute atomic E-state index is 0.260.